The molecule has 1 aliphatic heterocycles. The van der Waals surface area contributed by atoms with E-state index >= 15 is 0 Å². The van der Waals surface area contributed by atoms with Crippen LogP contribution in [0.25, 0.3) is 0 Å². The highest BCUT2D eigenvalue weighted by Gasteiger charge is 2.57. The summed E-state index contributed by atoms with van der Waals surface area (Å²) >= 11 is 0. The Kier molecular flexibility index (Phi) is 5.35. The topological polar surface area (TPSA) is 50.4 Å². The Morgan fingerprint density at radius 3 is 2.73 bits per heavy atom. The van der Waals surface area contributed by atoms with Gasteiger partial charge in [-0.25, -0.2) is 0 Å². The van der Waals surface area contributed by atoms with Crippen LogP contribution in [-0.4, -0.2) is 26.1 Å². The van der Waals surface area contributed by atoms with Crippen LogP contribution in [0.3, 0.4) is 0 Å². The Morgan fingerprint density at radius 2 is 2.05 bits per heavy atom. The molecule has 1 amide bonds. The Labute approximate surface area is 138 Å². The molecule has 2 fully saturated rings. The summed E-state index contributed by atoms with van der Waals surface area (Å²) in [6, 6.07) is 7.85. The lowest BCUT2D eigenvalue weighted by atomic mass is 9.91. The number of hydrogen-bond donors (Lipinski definition) is 2. The van der Waals surface area contributed by atoms with Crippen molar-refractivity contribution in [3.05, 3.63) is 29.8 Å². The minimum atomic E-state index is -0.0204. The smallest absolute Gasteiger partial charge is 0.224 e. The number of para-hydroxylation sites is 1. The van der Waals surface area contributed by atoms with Gasteiger partial charge in [0.25, 0.3) is 0 Å². The predicted molar refractivity (Wildman–Crippen MR) is 89.4 cm³/mol. The van der Waals surface area contributed by atoms with Crippen molar-refractivity contribution in [2.24, 2.45) is 11.3 Å². The third-order valence-electron chi connectivity index (χ3n) is 5.07. The van der Waals surface area contributed by atoms with Crippen LogP contribution in [0, 0.1) is 11.3 Å². The zero-order chi connectivity index (χ0) is 14.9. The number of benzene rings is 1. The number of carbonyl (C=O) groups excluding carboxylic acids is 1. The van der Waals surface area contributed by atoms with Gasteiger partial charge < -0.3 is 15.4 Å². The van der Waals surface area contributed by atoms with Gasteiger partial charge in [-0.2, -0.15) is 0 Å². The largest absolute Gasteiger partial charge is 0.496 e. The molecule has 1 spiro atoms. The number of hydrogen-bond acceptors (Lipinski definition) is 3. The summed E-state index contributed by atoms with van der Waals surface area (Å²) in [5, 5.41) is 6.54. The Hall–Kier alpha value is -1.26. The fourth-order valence-corrected chi connectivity index (χ4v) is 3.61. The third kappa shape index (κ3) is 3.23. The maximum Gasteiger partial charge on any atom is 0.224 e. The van der Waals surface area contributed by atoms with Crippen molar-refractivity contribution in [3.8, 4) is 5.75 Å². The van der Waals surface area contributed by atoms with Gasteiger partial charge in [0.2, 0.25) is 5.91 Å². The molecule has 2 atom stereocenters. The molecule has 2 aliphatic rings. The van der Waals surface area contributed by atoms with E-state index < -0.39 is 0 Å². The zero-order valence-electron chi connectivity index (χ0n) is 13.2. The lowest BCUT2D eigenvalue weighted by Crippen LogP contribution is -2.34. The molecule has 1 saturated heterocycles. The predicted octanol–water partition coefficient (Wildman–Crippen LogP) is 2.68. The number of amides is 1. The van der Waals surface area contributed by atoms with Crippen LogP contribution >= 0.6 is 12.4 Å². The van der Waals surface area contributed by atoms with Gasteiger partial charge >= 0.3 is 0 Å². The highest BCUT2D eigenvalue weighted by atomic mass is 35.5. The molecule has 3 rings (SSSR count). The quantitative estimate of drug-likeness (QED) is 0.895. The first-order chi connectivity index (χ1) is 10.2. The van der Waals surface area contributed by atoms with Crippen molar-refractivity contribution in [1.29, 1.82) is 0 Å². The first-order valence-corrected chi connectivity index (χ1v) is 7.80. The maximum atomic E-state index is 12.5. The first-order valence-electron chi connectivity index (χ1n) is 7.80. The molecule has 0 bridgehead atoms. The minimum absolute atomic E-state index is 0. The SMILES string of the molecule is COc1ccccc1C(C)NC(=O)C1CC12CCNCC2.Cl. The zero-order valence-corrected chi connectivity index (χ0v) is 14.0. The molecule has 22 heavy (non-hydrogen) atoms. The van der Waals surface area contributed by atoms with Gasteiger partial charge in [0, 0.05) is 11.5 Å². The maximum absolute atomic E-state index is 12.5. The highest BCUT2D eigenvalue weighted by molar-refractivity contribution is 5.85. The Bertz CT molecular complexity index is 529. The van der Waals surface area contributed by atoms with E-state index in [1.165, 1.54) is 0 Å². The number of halogens is 1. The van der Waals surface area contributed by atoms with Crippen molar-refractivity contribution in [2.75, 3.05) is 20.2 Å². The van der Waals surface area contributed by atoms with Gasteiger partial charge in [-0.3, -0.25) is 4.79 Å². The molecular formula is C17H25ClN2O2. The second kappa shape index (κ2) is 6.88. The van der Waals surface area contributed by atoms with Crippen molar-refractivity contribution < 1.29 is 9.53 Å². The van der Waals surface area contributed by atoms with Crippen LogP contribution in [0.4, 0.5) is 0 Å². The van der Waals surface area contributed by atoms with Crippen LogP contribution < -0.4 is 15.4 Å². The molecule has 1 heterocycles. The number of rotatable bonds is 4. The van der Waals surface area contributed by atoms with E-state index in [4.69, 9.17) is 4.74 Å². The third-order valence-corrected chi connectivity index (χ3v) is 5.07. The minimum Gasteiger partial charge on any atom is -0.496 e. The van der Waals surface area contributed by atoms with Gasteiger partial charge in [-0.1, -0.05) is 18.2 Å². The van der Waals surface area contributed by atoms with Crippen molar-refractivity contribution in [2.45, 2.75) is 32.2 Å². The summed E-state index contributed by atoms with van der Waals surface area (Å²) in [6.07, 6.45) is 3.32. The number of carbonyl (C=O) groups is 1. The molecular weight excluding hydrogens is 300 g/mol. The lowest BCUT2D eigenvalue weighted by molar-refractivity contribution is -0.123. The second-order valence-electron chi connectivity index (χ2n) is 6.34. The van der Waals surface area contributed by atoms with Gasteiger partial charge in [-0.15, -0.1) is 12.4 Å². The van der Waals surface area contributed by atoms with E-state index in [0.29, 0.717) is 0 Å². The van der Waals surface area contributed by atoms with Crippen LogP contribution in [0.1, 0.15) is 37.8 Å². The van der Waals surface area contributed by atoms with E-state index in [0.717, 1.165) is 43.7 Å². The van der Waals surface area contributed by atoms with Crippen molar-refractivity contribution in [1.82, 2.24) is 10.6 Å². The number of methoxy groups -OCH3 is 1. The highest BCUT2D eigenvalue weighted by Crippen LogP contribution is 2.58. The number of piperidine rings is 1. The van der Waals surface area contributed by atoms with Gasteiger partial charge in [0.05, 0.1) is 13.2 Å². The molecule has 5 heteroatoms. The van der Waals surface area contributed by atoms with E-state index in [-0.39, 0.29) is 35.7 Å². The molecule has 2 N–H and O–H groups in total. The second-order valence-corrected chi connectivity index (χ2v) is 6.34. The van der Waals surface area contributed by atoms with Gasteiger partial charge in [0.1, 0.15) is 5.75 Å². The monoisotopic (exact) mass is 324 g/mol. The molecule has 4 nitrogen and oxygen atoms in total. The number of ether oxygens (including phenoxy) is 1. The van der Waals surface area contributed by atoms with Gasteiger partial charge in [-0.05, 0) is 50.8 Å². The standard InChI is InChI=1S/C17H24N2O2.ClH/c1-12(13-5-3-4-6-15(13)21-2)19-16(20)14-11-17(14)7-9-18-10-8-17;/h3-6,12,14,18H,7-11H2,1-2H3,(H,19,20);1H. The van der Waals surface area contributed by atoms with Crippen LogP contribution in [0.2, 0.25) is 0 Å². The van der Waals surface area contributed by atoms with E-state index in [2.05, 4.69) is 10.6 Å². The molecule has 0 aromatic heterocycles. The molecule has 1 aliphatic carbocycles. The fourth-order valence-electron chi connectivity index (χ4n) is 3.61. The van der Waals surface area contributed by atoms with Crippen LogP contribution in [0.5, 0.6) is 5.75 Å². The summed E-state index contributed by atoms with van der Waals surface area (Å²) in [4.78, 5) is 12.5. The van der Waals surface area contributed by atoms with E-state index in [1.54, 1.807) is 7.11 Å². The van der Waals surface area contributed by atoms with Crippen LogP contribution in [-0.2, 0) is 4.79 Å². The average molecular weight is 325 g/mol. The molecule has 1 aromatic rings. The summed E-state index contributed by atoms with van der Waals surface area (Å²) in [7, 11) is 1.66. The molecule has 2 unspecified atom stereocenters. The Balaban J connectivity index is 0.00000176. The fraction of sp³-hybridized carbons (Fsp3) is 0.588. The van der Waals surface area contributed by atoms with Crippen molar-refractivity contribution in [3.63, 3.8) is 0 Å². The average Bonchev–Trinajstić information content (AvgIpc) is 3.21. The first kappa shape index (κ1) is 17.1. The summed E-state index contributed by atoms with van der Waals surface area (Å²) < 4.78 is 5.37. The van der Waals surface area contributed by atoms with Gasteiger partial charge in [0.15, 0.2) is 0 Å². The number of nitrogens with one attached hydrogen (secondary N) is 2. The lowest BCUT2D eigenvalue weighted by Gasteiger charge is -2.24. The summed E-state index contributed by atoms with van der Waals surface area (Å²) in [5.41, 5.74) is 1.32. The molecule has 0 radical (unpaired) electrons. The summed E-state index contributed by atoms with van der Waals surface area (Å²) in [6.45, 7) is 4.12. The normalized spacial score (nSPS) is 23.3. The molecule has 122 valence electrons. The van der Waals surface area contributed by atoms with E-state index in [9.17, 15) is 4.79 Å². The van der Waals surface area contributed by atoms with Crippen LogP contribution in [0.15, 0.2) is 24.3 Å². The van der Waals surface area contributed by atoms with E-state index in [1.807, 2.05) is 31.2 Å². The summed E-state index contributed by atoms with van der Waals surface area (Å²) in [5.74, 6) is 1.24. The Morgan fingerprint density at radius 1 is 1.36 bits per heavy atom. The molecule has 1 aromatic carbocycles. The van der Waals surface area contributed by atoms with Crippen molar-refractivity contribution >= 4 is 18.3 Å². The molecule has 1 saturated carbocycles.